The first-order valence-electron chi connectivity index (χ1n) is 8.33. The van der Waals surface area contributed by atoms with Crippen LogP contribution in [0.1, 0.15) is 57.9 Å². The molecule has 0 radical (unpaired) electrons. The van der Waals surface area contributed by atoms with Gasteiger partial charge in [-0.2, -0.15) is 0 Å². The molecule has 0 aromatic heterocycles. The lowest BCUT2D eigenvalue weighted by molar-refractivity contribution is 0.128. The molecule has 1 aliphatic carbocycles. The Morgan fingerprint density at radius 1 is 1.24 bits per heavy atom. The van der Waals surface area contributed by atoms with E-state index in [1.165, 1.54) is 37.7 Å². The molecule has 2 rings (SSSR count). The zero-order valence-electron chi connectivity index (χ0n) is 13.3. The van der Waals surface area contributed by atoms with Crippen LogP contribution in [-0.4, -0.2) is 12.1 Å². The summed E-state index contributed by atoms with van der Waals surface area (Å²) in [6.45, 7) is 4.43. The Kier molecular flexibility index (Phi) is 6.56. The van der Waals surface area contributed by atoms with Crippen molar-refractivity contribution in [2.24, 2.45) is 11.7 Å². The molecule has 1 aliphatic rings. The standard InChI is InChI=1S/C18H28BrNO/c1-3-13-5-8-17(9-6-13)21-18-10-7-15(19)11-14(18)12-16(20)4-2/h7,10-11,13,16-17H,3-6,8-9,12,20H2,1-2H3. The second-order valence-electron chi connectivity index (χ2n) is 6.29. The van der Waals surface area contributed by atoms with Crippen LogP contribution in [0.2, 0.25) is 0 Å². The molecule has 0 spiro atoms. The third kappa shape index (κ3) is 5.00. The first-order chi connectivity index (χ1) is 10.1. The summed E-state index contributed by atoms with van der Waals surface area (Å²) in [7, 11) is 0. The monoisotopic (exact) mass is 353 g/mol. The summed E-state index contributed by atoms with van der Waals surface area (Å²) in [5.41, 5.74) is 7.36. The molecule has 1 unspecified atom stereocenters. The van der Waals surface area contributed by atoms with E-state index in [0.29, 0.717) is 6.10 Å². The van der Waals surface area contributed by atoms with Crippen molar-refractivity contribution in [1.29, 1.82) is 0 Å². The molecular weight excluding hydrogens is 326 g/mol. The maximum atomic E-state index is 6.30. The van der Waals surface area contributed by atoms with Crippen LogP contribution in [0.3, 0.4) is 0 Å². The van der Waals surface area contributed by atoms with Gasteiger partial charge in [0, 0.05) is 10.5 Å². The SMILES string of the molecule is CCC(N)Cc1cc(Br)ccc1OC1CCC(CC)CC1. The normalized spacial score (nSPS) is 23.8. The van der Waals surface area contributed by atoms with E-state index >= 15 is 0 Å². The summed E-state index contributed by atoms with van der Waals surface area (Å²) in [5, 5.41) is 0. The molecule has 1 aromatic rings. The molecule has 1 fully saturated rings. The average molecular weight is 354 g/mol. The molecule has 1 saturated carbocycles. The molecule has 0 amide bonds. The molecule has 118 valence electrons. The zero-order valence-corrected chi connectivity index (χ0v) is 14.9. The summed E-state index contributed by atoms with van der Waals surface area (Å²) in [6.07, 6.45) is 8.56. The van der Waals surface area contributed by atoms with Crippen molar-refractivity contribution in [3.63, 3.8) is 0 Å². The molecule has 1 aromatic carbocycles. The van der Waals surface area contributed by atoms with Crippen LogP contribution < -0.4 is 10.5 Å². The van der Waals surface area contributed by atoms with Crippen molar-refractivity contribution in [1.82, 2.24) is 0 Å². The van der Waals surface area contributed by atoms with Gasteiger partial charge < -0.3 is 10.5 Å². The molecule has 0 saturated heterocycles. The molecule has 0 bridgehead atoms. The predicted octanol–water partition coefficient (Wildman–Crippen LogP) is 5.08. The maximum Gasteiger partial charge on any atom is 0.123 e. The number of halogens is 1. The highest BCUT2D eigenvalue weighted by Gasteiger charge is 2.22. The van der Waals surface area contributed by atoms with Crippen LogP contribution in [0, 0.1) is 5.92 Å². The average Bonchev–Trinajstić information content (AvgIpc) is 2.50. The predicted molar refractivity (Wildman–Crippen MR) is 92.8 cm³/mol. The van der Waals surface area contributed by atoms with Crippen molar-refractivity contribution in [3.05, 3.63) is 28.2 Å². The molecule has 21 heavy (non-hydrogen) atoms. The van der Waals surface area contributed by atoms with E-state index in [9.17, 15) is 0 Å². The first kappa shape index (κ1) is 16.8. The van der Waals surface area contributed by atoms with Crippen molar-refractivity contribution in [2.75, 3.05) is 0 Å². The summed E-state index contributed by atoms with van der Waals surface area (Å²) in [5.74, 6) is 1.94. The molecule has 0 heterocycles. The van der Waals surface area contributed by atoms with Gasteiger partial charge in [0.25, 0.3) is 0 Å². The number of rotatable bonds is 6. The number of nitrogens with two attached hydrogens (primary N) is 1. The van der Waals surface area contributed by atoms with Crippen molar-refractivity contribution in [3.8, 4) is 5.75 Å². The summed E-state index contributed by atoms with van der Waals surface area (Å²) in [4.78, 5) is 0. The quantitative estimate of drug-likeness (QED) is 0.773. The Labute approximate surface area is 137 Å². The van der Waals surface area contributed by atoms with Gasteiger partial charge >= 0.3 is 0 Å². The number of hydrogen-bond donors (Lipinski definition) is 1. The first-order valence-corrected chi connectivity index (χ1v) is 9.12. The van der Waals surface area contributed by atoms with E-state index in [-0.39, 0.29) is 6.04 Å². The molecule has 2 nitrogen and oxygen atoms in total. The summed E-state index contributed by atoms with van der Waals surface area (Å²) < 4.78 is 7.40. The molecule has 0 aliphatic heterocycles. The van der Waals surface area contributed by atoms with Crippen LogP contribution in [0.15, 0.2) is 22.7 Å². The van der Waals surface area contributed by atoms with E-state index in [1.54, 1.807) is 0 Å². The number of ether oxygens (including phenoxy) is 1. The molecule has 3 heteroatoms. The van der Waals surface area contributed by atoms with Crippen LogP contribution in [0.4, 0.5) is 0 Å². The van der Waals surface area contributed by atoms with E-state index in [0.717, 1.165) is 29.0 Å². The van der Waals surface area contributed by atoms with E-state index in [2.05, 4.69) is 48.0 Å². The third-order valence-electron chi connectivity index (χ3n) is 4.69. The van der Waals surface area contributed by atoms with E-state index in [1.807, 2.05) is 0 Å². The highest BCUT2D eigenvalue weighted by Crippen LogP contribution is 2.32. The van der Waals surface area contributed by atoms with Crippen LogP contribution >= 0.6 is 15.9 Å². The Bertz CT molecular complexity index is 441. The minimum atomic E-state index is 0.206. The highest BCUT2D eigenvalue weighted by molar-refractivity contribution is 9.10. The largest absolute Gasteiger partial charge is 0.490 e. The lowest BCUT2D eigenvalue weighted by Crippen LogP contribution is -2.25. The second kappa shape index (κ2) is 8.19. The summed E-state index contributed by atoms with van der Waals surface area (Å²) >= 11 is 3.55. The van der Waals surface area contributed by atoms with Crippen LogP contribution in [-0.2, 0) is 6.42 Å². The lowest BCUT2D eigenvalue weighted by Gasteiger charge is -2.29. The van der Waals surface area contributed by atoms with Gasteiger partial charge in [-0.05, 0) is 68.2 Å². The number of hydrogen-bond acceptors (Lipinski definition) is 2. The van der Waals surface area contributed by atoms with Gasteiger partial charge in [0.2, 0.25) is 0 Å². The van der Waals surface area contributed by atoms with Crippen molar-refractivity contribution in [2.45, 2.75) is 70.9 Å². The van der Waals surface area contributed by atoms with Gasteiger partial charge in [0.1, 0.15) is 5.75 Å². The summed E-state index contributed by atoms with van der Waals surface area (Å²) in [6, 6.07) is 6.52. The fraction of sp³-hybridized carbons (Fsp3) is 0.667. The smallest absolute Gasteiger partial charge is 0.123 e. The molecular formula is C18H28BrNO. The molecule has 2 N–H and O–H groups in total. The zero-order chi connectivity index (χ0) is 15.2. The van der Waals surface area contributed by atoms with Gasteiger partial charge in [0.05, 0.1) is 6.10 Å². The third-order valence-corrected chi connectivity index (χ3v) is 5.19. The fourth-order valence-electron chi connectivity index (χ4n) is 3.09. The van der Waals surface area contributed by atoms with Gasteiger partial charge in [-0.3, -0.25) is 0 Å². The Morgan fingerprint density at radius 2 is 1.95 bits per heavy atom. The van der Waals surface area contributed by atoms with E-state index in [4.69, 9.17) is 10.5 Å². The maximum absolute atomic E-state index is 6.30. The van der Waals surface area contributed by atoms with Gasteiger partial charge in [0.15, 0.2) is 0 Å². The minimum absolute atomic E-state index is 0.206. The Balaban J connectivity index is 2.02. The van der Waals surface area contributed by atoms with Crippen LogP contribution in [0.25, 0.3) is 0 Å². The minimum Gasteiger partial charge on any atom is -0.490 e. The van der Waals surface area contributed by atoms with E-state index < -0.39 is 0 Å². The van der Waals surface area contributed by atoms with Crippen LogP contribution in [0.5, 0.6) is 5.75 Å². The number of benzene rings is 1. The van der Waals surface area contributed by atoms with Gasteiger partial charge in [-0.25, -0.2) is 0 Å². The van der Waals surface area contributed by atoms with Crippen molar-refractivity contribution >= 4 is 15.9 Å². The van der Waals surface area contributed by atoms with Gasteiger partial charge in [-0.15, -0.1) is 0 Å². The Morgan fingerprint density at radius 3 is 2.57 bits per heavy atom. The second-order valence-corrected chi connectivity index (χ2v) is 7.21. The molecule has 1 atom stereocenters. The van der Waals surface area contributed by atoms with Crippen molar-refractivity contribution < 1.29 is 4.74 Å². The highest BCUT2D eigenvalue weighted by atomic mass is 79.9. The Hall–Kier alpha value is -0.540. The topological polar surface area (TPSA) is 35.2 Å². The lowest BCUT2D eigenvalue weighted by atomic mass is 9.86. The fourth-order valence-corrected chi connectivity index (χ4v) is 3.50. The van der Waals surface area contributed by atoms with Gasteiger partial charge in [-0.1, -0.05) is 36.2 Å².